The fraction of sp³-hybridized carbons (Fsp3) is 0.611. The fourth-order valence-electron chi connectivity index (χ4n) is 3.43. The molecule has 23 heavy (non-hydrogen) atoms. The van der Waals surface area contributed by atoms with Gasteiger partial charge in [-0.05, 0) is 62.4 Å². The van der Waals surface area contributed by atoms with Crippen LogP contribution in [0.3, 0.4) is 0 Å². The number of rotatable bonds is 6. The van der Waals surface area contributed by atoms with Crippen LogP contribution in [0.2, 0.25) is 0 Å². The molecule has 1 aromatic carbocycles. The molecule has 0 saturated heterocycles. The number of methoxy groups -OCH3 is 1. The highest BCUT2D eigenvalue weighted by Gasteiger charge is 2.25. The fourth-order valence-corrected chi connectivity index (χ4v) is 3.43. The zero-order valence-electron chi connectivity index (χ0n) is 14.4. The molecule has 1 atom stereocenters. The summed E-state index contributed by atoms with van der Waals surface area (Å²) in [6.07, 6.45) is 5.26. The first-order valence-corrected chi connectivity index (χ1v) is 8.39. The number of amides is 1. The molecule has 4 nitrogen and oxygen atoms in total. The van der Waals surface area contributed by atoms with Gasteiger partial charge in [0.15, 0.2) is 0 Å². The lowest BCUT2D eigenvalue weighted by atomic mass is 9.86. The summed E-state index contributed by atoms with van der Waals surface area (Å²) in [4.78, 5) is 14.1. The molecule has 1 aromatic rings. The summed E-state index contributed by atoms with van der Waals surface area (Å²) in [7, 11) is 1.40. The van der Waals surface area contributed by atoms with Gasteiger partial charge in [-0.25, -0.2) is 4.79 Å². The van der Waals surface area contributed by atoms with Crippen LogP contribution in [-0.4, -0.2) is 37.2 Å². The second kappa shape index (κ2) is 9.78. The van der Waals surface area contributed by atoms with E-state index in [4.69, 9.17) is 4.74 Å². The first-order chi connectivity index (χ1) is 10.7. The van der Waals surface area contributed by atoms with Crippen LogP contribution in [0.4, 0.5) is 10.5 Å². The van der Waals surface area contributed by atoms with Gasteiger partial charge < -0.3 is 9.64 Å². The van der Waals surface area contributed by atoms with E-state index < -0.39 is 6.09 Å². The predicted octanol–water partition coefficient (Wildman–Crippen LogP) is 4.27. The van der Waals surface area contributed by atoms with Gasteiger partial charge >= 0.3 is 6.09 Å². The standard InChI is InChI=1S/C18H28N2O2.ClH/c1-4-11-20(12-5-2)15-9-10-16-14(13-15)7-6-8-17(16)19-18(21)22-3;/h6-8,15H,4-5,9-13H2,1-3H3,(H,19,21);1H. The summed E-state index contributed by atoms with van der Waals surface area (Å²) < 4.78 is 4.71. The van der Waals surface area contributed by atoms with Crippen LogP contribution in [0.5, 0.6) is 0 Å². The maximum Gasteiger partial charge on any atom is 0.411 e. The number of ether oxygens (including phenoxy) is 1. The molecule has 0 aromatic heterocycles. The van der Waals surface area contributed by atoms with Gasteiger partial charge in [0, 0.05) is 11.7 Å². The minimum absolute atomic E-state index is 0. The second-order valence-electron chi connectivity index (χ2n) is 5.99. The third-order valence-corrected chi connectivity index (χ3v) is 4.42. The van der Waals surface area contributed by atoms with Gasteiger partial charge in [-0.2, -0.15) is 0 Å². The predicted molar refractivity (Wildman–Crippen MR) is 97.7 cm³/mol. The van der Waals surface area contributed by atoms with Crippen LogP contribution in [0.15, 0.2) is 18.2 Å². The number of carbonyl (C=O) groups is 1. The molecule has 1 amide bonds. The lowest BCUT2D eigenvalue weighted by Crippen LogP contribution is -2.40. The van der Waals surface area contributed by atoms with Gasteiger partial charge in [-0.3, -0.25) is 5.32 Å². The Morgan fingerprint density at radius 2 is 2.00 bits per heavy atom. The van der Waals surface area contributed by atoms with Crippen molar-refractivity contribution in [3.8, 4) is 0 Å². The van der Waals surface area contributed by atoms with Crippen LogP contribution in [0, 0.1) is 0 Å². The van der Waals surface area contributed by atoms with E-state index in [0.717, 1.165) is 24.9 Å². The third kappa shape index (κ3) is 5.11. The van der Waals surface area contributed by atoms with Gasteiger partial charge in [0.05, 0.1) is 7.11 Å². The van der Waals surface area contributed by atoms with Gasteiger partial charge in [-0.1, -0.05) is 26.0 Å². The van der Waals surface area contributed by atoms with Crippen molar-refractivity contribution < 1.29 is 9.53 Å². The van der Waals surface area contributed by atoms with Crippen molar-refractivity contribution in [3.05, 3.63) is 29.3 Å². The first kappa shape index (κ1) is 19.8. The maximum atomic E-state index is 11.5. The van der Waals surface area contributed by atoms with Crippen molar-refractivity contribution in [2.24, 2.45) is 0 Å². The van der Waals surface area contributed by atoms with E-state index >= 15 is 0 Å². The molecule has 0 radical (unpaired) electrons. The second-order valence-corrected chi connectivity index (χ2v) is 5.99. The molecule has 0 bridgehead atoms. The number of hydrogen-bond acceptors (Lipinski definition) is 3. The smallest absolute Gasteiger partial charge is 0.411 e. The summed E-state index contributed by atoms with van der Waals surface area (Å²) in [6.45, 7) is 6.84. The Kier molecular flexibility index (Phi) is 8.42. The molecule has 2 rings (SSSR count). The molecule has 0 fully saturated rings. The maximum absolute atomic E-state index is 11.5. The number of nitrogens with one attached hydrogen (secondary N) is 1. The zero-order chi connectivity index (χ0) is 15.9. The molecule has 1 aliphatic carbocycles. The van der Waals surface area contributed by atoms with E-state index in [-0.39, 0.29) is 12.4 Å². The van der Waals surface area contributed by atoms with Crippen LogP contribution in [0.1, 0.15) is 44.2 Å². The first-order valence-electron chi connectivity index (χ1n) is 8.39. The summed E-state index contributed by atoms with van der Waals surface area (Å²) in [5, 5.41) is 2.84. The Hall–Kier alpha value is -1.26. The quantitative estimate of drug-likeness (QED) is 0.841. The van der Waals surface area contributed by atoms with E-state index in [1.54, 1.807) is 0 Å². The topological polar surface area (TPSA) is 41.6 Å². The van der Waals surface area contributed by atoms with E-state index in [2.05, 4.69) is 30.1 Å². The van der Waals surface area contributed by atoms with Crippen molar-refractivity contribution in [3.63, 3.8) is 0 Å². The Balaban J connectivity index is 0.00000264. The van der Waals surface area contributed by atoms with Crippen molar-refractivity contribution >= 4 is 24.2 Å². The Bertz CT molecular complexity index is 502. The number of fused-ring (bicyclic) bond motifs is 1. The number of nitrogens with zero attached hydrogens (tertiary/aromatic N) is 1. The van der Waals surface area contributed by atoms with Crippen LogP contribution < -0.4 is 5.32 Å². The van der Waals surface area contributed by atoms with Gasteiger partial charge in [0.2, 0.25) is 0 Å². The summed E-state index contributed by atoms with van der Waals surface area (Å²) in [5.41, 5.74) is 3.54. The minimum Gasteiger partial charge on any atom is -0.453 e. The normalized spacial score (nSPS) is 16.4. The molecule has 0 saturated carbocycles. The average molecular weight is 341 g/mol. The summed E-state index contributed by atoms with van der Waals surface area (Å²) in [5.74, 6) is 0. The molecule has 0 aliphatic heterocycles. The SMILES string of the molecule is CCCN(CCC)C1CCc2c(cccc2NC(=O)OC)C1.Cl. The molecule has 130 valence electrons. The van der Waals surface area contributed by atoms with Gasteiger partial charge in [0.25, 0.3) is 0 Å². The third-order valence-electron chi connectivity index (χ3n) is 4.42. The minimum atomic E-state index is -0.394. The van der Waals surface area contributed by atoms with Gasteiger partial charge in [0.1, 0.15) is 0 Å². The monoisotopic (exact) mass is 340 g/mol. The number of carbonyl (C=O) groups excluding carboxylic acids is 1. The average Bonchev–Trinajstić information content (AvgIpc) is 2.54. The number of anilines is 1. The number of halogens is 1. The van der Waals surface area contributed by atoms with Crippen LogP contribution in [0.25, 0.3) is 0 Å². The number of benzene rings is 1. The van der Waals surface area contributed by atoms with Crippen molar-refractivity contribution in [2.75, 3.05) is 25.5 Å². The van der Waals surface area contributed by atoms with Crippen molar-refractivity contribution in [1.29, 1.82) is 0 Å². The van der Waals surface area contributed by atoms with E-state index in [0.29, 0.717) is 6.04 Å². The zero-order valence-corrected chi connectivity index (χ0v) is 15.2. The Labute approximate surface area is 146 Å². The Morgan fingerprint density at radius 1 is 1.30 bits per heavy atom. The van der Waals surface area contributed by atoms with E-state index in [1.165, 1.54) is 44.2 Å². The molecular weight excluding hydrogens is 312 g/mol. The van der Waals surface area contributed by atoms with Crippen LogP contribution >= 0.6 is 12.4 Å². The lowest BCUT2D eigenvalue weighted by molar-refractivity contribution is 0.180. The lowest BCUT2D eigenvalue weighted by Gasteiger charge is -2.35. The Morgan fingerprint density at radius 3 is 2.61 bits per heavy atom. The van der Waals surface area contributed by atoms with Gasteiger partial charge in [-0.15, -0.1) is 12.4 Å². The highest BCUT2D eigenvalue weighted by molar-refractivity contribution is 5.86. The highest BCUT2D eigenvalue weighted by Crippen LogP contribution is 2.30. The molecule has 1 N–H and O–H groups in total. The molecular formula is C18H29ClN2O2. The van der Waals surface area contributed by atoms with E-state index in [9.17, 15) is 4.79 Å². The van der Waals surface area contributed by atoms with Crippen molar-refractivity contribution in [2.45, 2.75) is 52.0 Å². The van der Waals surface area contributed by atoms with E-state index in [1.807, 2.05) is 12.1 Å². The molecule has 0 spiro atoms. The summed E-state index contributed by atoms with van der Waals surface area (Å²) in [6, 6.07) is 6.81. The largest absolute Gasteiger partial charge is 0.453 e. The number of hydrogen-bond donors (Lipinski definition) is 1. The van der Waals surface area contributed by atoms with Crippen LogP contribution in [-0.2, 0) is 17.6 Å². The molecule has 0 heterocycles. The summed E-state index contributed by atoms with van der Waals surface area (Å²) >= 11 is 0. The highest BCUT2D eigenvalue weighted by atomic mass is 35.5. The molecule has 1 unspecified atom stereocenters. The van der Waals surface area contributed by atoms with Crippen molar-refractivity contribution in [1.82, 2.24) is 4.90 Å². The molecule has 1 aliphatic rings. The molecule has 5 heteroatoms.